The molecule has 0 spiro atoms. The molecule has 1 aliphatic rings. The van der Waals surface area contributed by atoms with Crippen LogP contribution in [0.15, 0.2) is 24.3 Å². The molecule has 6 heteroatoms. The van der Waals surface area contributed by atoms with Crippen LogP contribution in [0.2, 0.25) is 0 Å². The molecule has 1 aliphatic heterocycles. The van der Waals surface area contributed by atoms with Gasteiger partial charge in [0.2, 0.25) is 10.0 Å². The second kappa shape index (κ2) is 5.58. The van der Waals surface area contributed by atoms with Gasteiger partial charge in [-0.25, -0.2) is 8.42 Å². The minimum absolute atomic E-state index is 0.149. The van der Waals surface area contributed by atoms with Gasteiger partial charge in [0.1, 0.15) is 5.75 Å². The maximum atomic E-state index is 11.8. The summed E-state index contributed by atoms with van der Waals surface area (Å²) in [5, 5.41) is 3.19. The van der Waals surface area contributed by atoms with Gasteiger partial charge in [0.05, 0.1) is 12.9 Å². The average molecular weight is 270 g/mol. The van der Waals surface area contributed by atoms with E-state index in [1.807, 2.05) is 0 Å². The second-order valence-electron chi connectivity index (χ2n) is 4.38. The van der Waals surface area contributed by atoms with E-state index in [0.717, 1.165) is 13.0 Å². The molecule has 1 aromatic carbocycles. The summed E-state index contributed by atoms with van der Waals surface area (Å²) in [5.74, 6) is 0.855. The molecule has 1 heterocycles. The highest BCUT2D eigenvalue weighted by Crippen LogP contribution is 2.17. The Kier molecular flexibility index (Phi) is 4.08. The van der Waals surface area contributed by atoms with Gasteiger partial charge >= 0.3 is 0 Å². The molecule has 18 heavy (non-hydrogen) atoms. The summed E-state index contributed by atoms with van der Waals surface area (Å²) < 4.78 is 31.2. The Bertz CT molecular complexity index is 481. The quantitative estimate of drug-likeness (QED) is 0.815. The standard InChI is InChI=1S/C12H18N2O3S/c1-17-12-4-2-11(3-5-12)14-18(15,16)9-7-10-6-8-13-10/h2-5,10,13-14H,6-9H2,1H3. The maximum Gasteiger partial charge on any atom is 0.232 e. The van der Waals surface area contributed by atoms with Crippen molar-refractivity contribution < 1.29 is 13.2 Å². The van der Waals surface area contributed by atoms with Crippen LogP contribution in [0.4, 0.5) is 5.69 Å². The van der Waals surface area contributed by atoms with Crippen molar-refractivity contribution in [1.29, 1.82) is 0 Å². The molecular weight excluding hydrogens is 252 g/mol. The third-order valence-corrected chi connectivity index (χ3v) is 4.34. The van der Waals surface area contributed by atoms with Crippen LogP contribution < -0.4 is 14.8 Å². The molecule has 1 saturated heterocycles. The highest BCUT2D eigenvalue weighted by molar-refractivity contribution is 7.92. The van der Waals surface area contributed by atoms with E-state index in [1.54, 1.807) is 31.4 Å². The third-order valence-electron chi connectivity index (χ3n) is 3.02. The second-order valence-corrected chi connectivity index (χ2v) is 6.22. The van der Waals surface area contributed by atoms with E-state index < -0.39 is 10.0 Å². The number of hydrogen-bond acceptors (Lipinski definition) is 4. The maximum absolute atomic E-state index is 11.8. The average Bonchev–Trinajstić information content (AvgIpc) is 2.27. The predicted octanol–water partition coefficient (Wildman–Crippen LogP) is 1.19. The summed E-state index contributed by atoms with van der Waals surface area (Å²) in [5.41, 5.74) is 0.567. The molecule has 1 unspecified atom stereocenters. The van der Waals surface area contributed by atoms with Gasteiger partial charge in [-0.1, -0.05) is 0 Å². The first-order chi connectivity index (χ1) is 8.59. The third kappa shape index (κ3) is 3.61. The number of hydrogen-bond donors (Lipinski definition) is 2. The molecular formula is C12H18N2O3S. The Labute approximate surface area is 108 Å². The van der Waals surface area contributed by atoms with E-state index >= 15 is 0 Å². The van der Waals surface area contributed by atoms with Crippen molar-refractivity contribution in [3.8, 4) is 5.75 Å². The smallest absolute Gasteiger partial charge is 0.232 e. The predicted molar refractivity (Wildman–Crippen MR) is 71.4 cm³/mol. The molecule has 1 atom stereocenters. The number of rotatable bonds is 6. The van der Waals surface area contributed by atoms with Crippen LogP contribution in [0.3, 0.4) is 0 Å². The van der Waals surface area contributed by atoms with Gasteiger partial charge in [-0.15, -0.1) is 0 Å². The number of anilines is 1. The molecule has 0 aliphatic carbocycles. The monoisotopic (exact) mass is 270 g/mol. The first kappa shape index (κ1) is 13.2. The van der Waals surface area contributed by atoms with Gasteiger partial charge in [0.25, 0.3) is 0 Å². The van der Waals surface area contributed by atoms with Crippen LogP contribution >= 0.6 is 0 Å². The molecule has 0 saturated carbocycles. The number of sulfonamides is 1. The van der Waals surface area contributed by atoms with Crippen molar-refractivity contribution >= 4 is 15.7 Å². The van der Waals surface area contributed by atoms with Crippen molar-refractivity contribution in [1.82, 2.24) is 5.32 Å². The lowest BCUT2D eigenvalue weighted by molar-refractivity contribution is 0.362. The van der Waals surface area contributed by atoms with Crippen LogP contribution in [-0.2, 0) is 10.0 Å². The zero-order chi connectivity index (χ0) is 13.0. The topological polar surface area (TPSA) is 67.4 Å². The van der Waals surface area contributed by atoms with E-state index in [2.05, 4.69) is 10.0 Å². The highest BCUT2D eigenvalue weighted by atomic mass is 32.2. The summed E-state index contributed by atoms with van der Waals surface area (Å²) in [6, 6.07) is 7.20. The zero-order valence-electron chi connectivity index (χ0n) is 10.3. The van der Waals surface area contributed by atoms with Crippen LogP contribution in [0.5, 0.6) is 5.75 Å². The Morgan fingerprint density at radius 3 is 2.56 bits per heavy atom. The lowest BCUT2D eigenvalue weighted by Crippen LogP contribution is -2.44. The summed E-state index contributed by atoms with van der Waals surface area (Å²) in [4.78, 5) is 0. The van der Waals surface area contributed by atoms with Crippen LogP contribution in [0, 0.1) is 0 Å². The Hall–Kier alpha value is -1.27. The van der Waals surface area contributed by atoms with Gasteiger partial charge in [0, 0.05) is 11.7 Å². The number of ether oxygens (including phenoxy) is 1. The fourth-order valence-corrected chi connectivity index (χ4v) is 2.97. The molecule has 0 radical (unpaired) electrons. The summed E-state index contributed by atoms with van der Waals surface area (Å²) in [6.45, 7) is 0.997. The Morgan fingerprint density at radius 2 is 2.06 bits per heavy atom. The van der Waals surface area contributed by atoms with Crippen LogP contribution in [0.25, 0.3) is 0 Å². The number of benzene rings is 1. The first-order valence-corrected chi connectivity index (χ1v) is 7.62. The fraction of sp³-hybridized carbons (Fsp3) is 0.500. The normalized spacial score (nSPS) is 19.1. The van der Waals surface area contributed by atoms with Crippen molar-refractivity contribution in [2.45, 2.75) is 18.9 Å². The molecule has 0 aromatic heterocycles. The van der Waals surface area contributed by atoms with E-state index in [9.17, 15) is 8.42 Å². The Morgan fingerprint density at radius 1 is 1.39 bits per heavy atom. The van der Waals surface area contributed by atoms with E-state index in [1.165, 1.54) is 0 Å². The van der Waals surface area contributed by atoms with E-state index in [0.29, 0.717) is 23.9 Å². The molecule has 2 rings (SSSR count). The highest BCUT2D eigenvalue weighted by Gasteiger charge is 2.19. The SMILES string of the molecule is COc1ccc(NS(=O)(=O)CCC2CCN2)cc1. The summed E-state index contributed by atoms with van der Waals surface area (Å²) >= 11 is 0. The van der Waals surface area contributed by atoms with Crippen molar-refractivity contribution in [3.63, 3.8) is 0 Å². The lowest BCUT2D eigenvalue weighted by Gasteiger charge is -2.27. The molecule has 100 valence electrons. The van der Waals surface area contributed by atoms with Gasteiger partial charge < -0.3 is 10.1 Å². The van der Waals surface area contributed by atoms with Gasteiger partial charge in [0.15, 0.2) is 0 Å². The molecule has 1 aromatic rings. The van der Waals surface area contributed by atoms with Crippen molar-refractivity contribution in [2.24, 2.45) is 0 Å². The summed E-state index contributed by atoms with van der Waals surface area (Å²) in [6.07, 6.45) is 1.73. The summed E-state index contributed by atoms with van der Waals surface area (Å²) in [7, 11) is -1.68. The van der Waals surface area contributed by atoms with Crippen molar-refractivity contribution in [3.05, 3.63) is 24.3 Å². The van der Waals surface area contributed by atoms with E-state index in [4.69, 9.17) is 4.74 Å². The van der Waals surface area contributed by atoms with E-state index in [-0.39, 0.29) is 5.75 Å². The number of nitrogens with one attached hydrogen (secondary N) is 2. The zero-order valence-corrected chi connectivity index (χ0v) is 11.2. The van der Waals surface area contributed by atoms with Gasteiger partial charge in [-0.05, 0) is 43.7 Å². The Balaban J connectivity index is 1.89. The molecule has 5 nitrogen and oxygen atoms in total. The van der Waals surface area contributed by atoms with Gasteiger partial charge in [-0.3, -0.25) is 4.72 Å². The minimum Gasteiger partial charge on any atom is -0.497 e. The molecule has 0 amide bonds. The van der Waals surface area contributed by atoms with Gasteiger partial charge in [-0.2, -0.15) is 0 Å². The largest absolute Gasteiger partial charge is 0.497 e. The first-order valence-electron chi connectivity index (χ1n) is 5.97. The van der Waals surface area contributed by atoms with Crippen LogP contribution in [-0.4, -0.2) is 33.9 Å². The van der Waals surface area contributed by atoms with Crippen molar-refractivity contribution in [2.75, 3.05) is 24.1 Å². The lowest BCUT2D eigenvalue weighted by atomic mass is 10.1. The molecule has 0 bridgehead atoms. The van der Waals surface area contributed by atoms with Crippen LogP contribution in [0.1, 0.15) is 12.8 Å². The minimum atomic E-state index is -3.26. The number of methoxy groups -OCH3 is 1. The fourth-order valence-electron chi connectivity index (χ4n) is 1.78. The molecule has 2 N–H and O–H groups in total. The molecule has 1 fully saturated rings.